The highest BCUT2D eigenvalue weighted by atomic mass is 14.9. The molecule has 0 saturated heterocycles. The van der Waals surface area contributed by atoms with E-state index in [-0.39, 0.29) is 0 Å². The Kier molecular flexibility index (Phi) is 3.64. The number of hydrogen-bond donors (Lipinski definition) is 1. The highest BCUT2D eigenvalue weighted by Crippen LogP contribution is 2.57. The zero-order valence-electron chi connectivity index (χ0n) is 11.3. The molecule has 1 aromatic rings. The molecular formula is C16H24N2. The van der Waals surface area contributed by atoms with E-state index >= 15 is 0 Å². The van der Waals surface area contributed by atoms with Crippen molar-refractivity contribution < 1.29 is 0 Å². The predicted octanol–water partition coefficient (Wildman–Crippen LogP) is 3.04. The normalized spacial score (nSPS) is 31.7. The fourth-order valence-electron chi connectivity index (χ4n) is 4.02. The summed E-state index contributed by atoms with van der Waals surface area (Å²) in [6.45, 7) is 3.31. The van der Waals surface area contributed by atoms with Gasteiger partial charge in [-0.3, -0.25) is 4.98 Å². The minimum absolute atomic E-state index is 0.673. The fourth-order valence-corrected chi connectivity index (χ4v) is 4.02. The first-order valence-corrected chi connectivity index (χ1v) is 7.52. The van der Waals surface area contributed by atoms with Crippen molar-refractivity contribution in [1.82, 2.24) is 10.3 Å². The Bertz CT molecular complexity index is 364. The molecule has 0 bridgehead atoms. The zero-order valence-corrected chi connectivity index (χ0v) is 11.3. The Labute approximate surface area is 110 Å². The van der Waals surface area contributed by atoms with Crippen LogP contribution in [0.2, 0.25) is 0 Å². The third-order valence-corrected chi connectivity index (χ3v) is 4.83. The van der Waals surface area contributed by atoms with Gasteiger partial charge in [-0.1, -0.05) is 25.8 Å². The van der Waals surface area contributed by atoms with Crippen LogP contribution in [0.1, 0.15) is 38.2 Å². The molecule has 0 aromatic carbocycles. The number of hydrogen-bond acceptors (Lipinski definition) is 2. The zero-order chi connectivity index (χ0) is 12.4. The van der Waals surface area contributed by atoms with E-state index in [1.54, 1.807) is 0 Å². The van der Waals surface area contributed by atoms with Crippen molar-refractivity contribution >= 4 is 0 Å². The van der Waals surface area contributed by atoms with Gasteiger partial charge in [-0.25, -0.2) is 0 Å². The van der Waals surface area contributed by atoms with Gasteiger partial charge in [0.2, 0.25) is 0 Å². The summed E-state index contributed by atoms with van der Waals surface area (Å²) >= 11 is 0. The first-order chi connectivity index (χ1) is 8.90. The summed E-state index contributed by atoms with van der Waals surface area (Å²) in [7, 11) is 0. The molecule has 2 aliphatic carbocycles. The molecule has 3 atom stereocenters. The van der Waals surface area contributed by atoms with Crippen LogP contribution in [-0.4, -0.2) is 17.6 Å². The number of rotatable bonds is 5. The largest absolute Gasteiger partial charge is 0.314 e. The Morgan fingerprint density at radius 3 is 2.72 bits per heavy atom. The number of likely N-dealkylation sites (N-methyl/N-ethyl adjacent to an activating group) is 1. The fraction of sp³-hybridized carbons (Fsp3) is 0.688. The van der Waals surface area contributed by atoms with Gasteiger partial charge in [0.15, 0.2) is 0 Å². The van der Waals surface area contributed by atoms with Crippen molar-refractivity contribution in [3.8, 4) is 0 Å². The molecule has 2 nitrogen and oxygen atoms in total. The second-order valence-corrected chi connectivity index (χ2v) is 5.92. The molecule has 2 saturated carbocycles. The Hall–Kier alpha value is -0.890. The van der Waals surface area contributed by atoms with Crippen LogP contribution in [0.25, 0.3) is 0 Å². The van der Waals surface area contributed by atoms with Crippen molar-refractivity contribution in [3.63, 3.8) is 0 Å². The van der Waals surface area contributed by atoms with Crippen molar-refractivity contribution in [2.75, 3.05) is 6.54 Å². The van der Waals surface area contributed by atoms with Gasteiger partial charge in [-0.05, 0) is 55.2 Å². The Morgan fingerprint density at radius 2 is 2.11 bits per heavy atom. The predicted molar refractivity (Wildman–Crippen MR) is 74.3 cm³/mol. The molecule has 3 rings (SSSR count). The molecule has 0 radical (unpaired) electrons. The van der Waals surface area contributed by atoms with Crippen molar-refractivity contribution in [2.45, 2.75) is 45.1 Å². The average molecular weight is 244 g/mol. The maximum atomic E-state index is 4.24. The molecule has 0 amide bonds. The smallest absolute Gasteiger partial charge is 0.0300 e. The first-order valence-electron chi connectivity index (χ1n) is 7.52. The molecule has 3 unspecified atom stereocenters. The van der Waals surface area contributed by atoms with E-state index in [0.717, 1.165) is 30.7 Å². The van der Waals surface area contributed by atoms with Gasteiger partial charge in [0.05, 0.1) is 0 Å². The third-order valence-electron chi connectivity index (χ3n) is 4.83. The molecule has 0 aliphatic heterocycles. The number of pyridine rings is 1. The van der Waals surface area contributed by atoms with Gasteiger partial charge < -0.3 is 5.32 Å². The Morgan fingerprint density at radius 1 is 1.33 bits per heavy atom. The van der Waals surface area contributed by atoms with Crippen LogP contribution in [0, 0.1) is 17.8 Å². The van der Waals surface area contributed by atoms with Crippen LogP contribution in [0.4, 0.5) is 0 Å². The lowest BCUT2D eigenvalue weighted by Crippen LogP contribution is -2.34. The minimum atomic E-state index is 0.673. The SMILES string of the molecule is CCNC(Cc1cccnc1)C1C2CCCCC21. The summed E-state index contributed by atoms with van der Waals surface area (Å²) in [5.41, 5.74) is 1.38. The van der Waals surface area contributed by atoms with Crippen LogP contribution in [-0.2, 0) is 6.42 Å². The molecule has 1 heterocycles. The van der Waals surface area contributed by atoms with E-state index in [2.05, 4.69) is 29.4 Å². The number of fused-ring (bicyclic) bond motifs is 1. The summed E-state index contributed by atoms with van der Waals surface area (Å²) in [5.74, 6) is 2.99. The van der Waals surface area contributed by atoms with E-state index < -0.39 is 0 Å². The quantitative estimate of drug-likeness (QED) is 0.861. The number of nitrogens with zero attached hydrogens (tertiary/aromatic N) is 1. The minimum Gasteiger partial charge on any atom is -0.314 e. The highest BCUT2D eigenvalue weighted by Gasteiger charge is 2.53. The molecule has 98 valence electrons. The van der Waals surface area contributed by atoms with E-state index in [4.69, 9.17) is 0 Å². The van der Waals surface area contributed by atoms with Crippen LogP contribution in [0.3, 0.4) is 0 Å². The topological polar surface area (TPSA) is 24.9 Å². The van der Waals surface area contributed by atoms with Gasteiger partial charge in [0.25, 0.3) is 0 Å². The van der Waals surface area contributed by atoms with E-state index in [0.29, 0.717) is 6.04 Å². The molecule has 2 heteroatoms. The van der Waals surface area contributed by atoms with Gasteiger partial charge in [-0.15, -0.1) is 0 Å². The van der Waals surface area contributed by atoms with Crippen LogP contribution < -0.4 is 5.32 Å². The monoisotopic (exact) mass is 244 g/mol. The van der Waals surface area contributed by atoms with Crippen molar-refractivity contribution in [1.29, 1.82) is 0 Å². The average Bonchev–Trinajstić information content (AvgIpc) is 3.14. The highest BCUT2D eigenvalue weighted by molar-refractivity contribution is 5.14. The molecule has 0 spiro atoms. The van der Waals surface area contributed by atoms with E-state index in [9.17, 15) is 0 Å². The summed E-state index contributed by atoms with van der Waals surface area (Å²) in [6.07, 6.45) is 10.9. The van der Waals surface area contributed by atoms with E-state index in [1.807, 2.05) is 12.4 Å². The lowest BCUT2D eigenvalue weighted by molar-refractivity contribution is 0.437. The van der Waals surface area contributed by atoms with Crippen molar-refractivity contribution in [2.24, 2.45) is 17.8 Å². The lowest BCUT2D eigenvalue weighted by atomic mass is 10.0. The lowest BCUT2D eigenvalue weighted by Gasteiger charge is -2.18. The summed E-state index contributed by atoms with van der Waals surface area (Å²) < 4.78 is 0. The van der Waals surface area contributed by atoms with Crippen molar-refractivity contribution in [3.05, 3.63) is 30.1 Å². The molecule has 18 heavy (non-hydrogen) atoms. The van der Waals surface area contributed by atoms with Gasteiger partial charge in [0, 0.05) is 18.4 Å². The Balaban J connectivity index is 1.65. The summed E-state index contributed by atoms with van der Waals surface area (Å²) in [5, 5.41) is 3.72. The molecule has 1 aromatic heterocycles. The van der Waals surface area contributed by atoms with Gasteiger partial charge in [-0.2, -0.15) is 0 Å². The standard InChI is InChI=1S/C16H24N2/c1-2-18-15(10-12-6-5-9-17-11-12)16-13-7-3-4-8-14(13)16/h5-6,9,11,13-16,18H,2-4,7-8,10H2,1H3. The van der Waals surface area contributed by atoms with Crippen LogP contribution in [0.5, 0.6) is 0 Å². The number of aromatic nitrogens is 1. The maximum Gasteiger partial charge on any atom is 0.0300 e. The number of nitrogens with one attached hydrogen (secondary N) is 1. The molecule has 2 fully saturated rings. The first kappa shape index (κ1) is 12.2. The maximum absolute atomic E-state index is 4.24. The third kappa shape index (κ3) is 2.44. The van der Waals surface area contributed by atoms with Gasteiger partial charge >= 0.3 is 0 Å². The summed E-state index contributed by atoms with van der Waals surface area (Å²) in [4.78, 5) is 4.24. The molecular weight excluding hydrogens is 220 g/mol. The second-order valence-electron chi connectivity index (χ2n) is 5.92. The van der Waals surface area contributed by atoms with Gasteiger partial charge in [0.1, 0.15) is 0 Å². The van der Waals surface area contributed by atoms with E-state index in [1.165, 1.54) is 31.2 Å². The second kappa shape index (κ2) is 5.40. The molecule has 1 N–H and O–H groups in total. The van der Waals surface area contributed by atoms with Crippen LogP contribution >= 0.6 is 0 Å². The summed E-state index contributed by atoms with van der Waals surface area (Å²) in [6, 6.07) is 4.94. The van der Waals surface area contributed by atoms with Crippen LogP contribution in [0.15, 0.2) is 24.5 Å². The molecule has 2 aliphatic rings.